The zero-order chi connectivity index (χ0) is 12.5. The third kappa shape index (κ3) is 2.06. The van der Waals surface area contributed by atoms with Crippen molar-refractivity contribution in [2.45, 2.75) is 26.7 Å². The molecule has 0 aromatic heterocycles. The van der Waals surface area contributed by atoms with E-state index in [1.165, 1.54) is 18.5 Å². The van der Waals surface area contributed by atoms with Crippen LogP contribution >= 0.6 is 0 Å². The van der Waals surface area contributed by atoms with Gasteiger partial charge in [-0.15, -0.1) is 0 Å². The molecule has 0 bridgehead atoms. The first-order valence-corrected chi connectivity index (χ1v) is 6.32. The van der Waals surface area contributed by atoms with Gasteiger partial charge in [0.2, 0.25) is 0 Å². The summed E-state index contributed by atoms with van der Waals surface area (Å²) in [7, 11) is 1.70. The highest BCUT2D eigenvalue weighted by molar-refractivity contribution is 5.65. The fourth-order valence-corrected chi connectivity index (χ4v) is 2.59. The van der Waals surface area contributed by atoms with Crippen molar-refractivity contribution in [3.63, 3.8) is 0 Å². The Labute approximate surface area is 104 Å². The average molecular weight is 234 g/mol. The molecule has 1 fully saturated rings. The van der Waals surface area contributed by atoms with E-state index in [1.54, 1.807) is 7.11 Å². The smallest absolute Gasteiger partial charge is 0.144 e. The highest BCUT2D eigenvalue weighted by atomic mass is 16.5. The van der Waals surface area contributed by atoms with Gasteiger partial charge in [0.1, 0.15) is 5.75 Å². The Morgan fingerprint density at radius 1 is 1.29 bits per heavy atom. The molecule has 0 unspecified atom stereocenters. The van der Waals surface area contributed by atoms with Crippen molar-refractivity contribution < 1.29 is 4.74 Å². The molecule has 1 aromatic carbocycles. The summed E-state index contributed by atoms with van der Waals surface area (Å²) >= 11 is 0. The van der Waals surface area contributed by atoms with Gasteiger partial charge in [-0.05, 0) is 25.0 Å². The number of hydrogen-bond donors (Lipinski definition) is 1. The Morgan fingerprint density at radius 2 is 1.94 bits per heavy atom. The predicted octanol–water partition coefficient (Wildman–Crippen LogP) is 2.90. The Morgan fingerprint density at radius 3 is 2.47 bits per heavy atom. The summed E-state index contributed by atoms with van der Waals surface area (Å²) in [6.45, 7) is 6.81. The van der Waals surface area contributed by atoms with Crippen LogP contribution in [0.4, 0.5) is 11.4 Å². The third-order valence-corrected chi connectivity index (χ3v) is 4.10. The minimum Gasteiger partial charge on any atom is -0.495 e. The lowest BCUT2D eigenvalue weighted by Crippen LogP contribution is -2.56. The van der Waals surface area contributed by atoms with E-state index in [9.17, 15) is 0 Å². The van der Waals surface area contributed by atoms with E-state index in [2.05, 4.69) is 24.8 Å². The van der Waals surface area contributed by atoms with Crippen molar-refractivity contribution >= 4 is 11.4 Å². The van der Waals surface area contributed by atoms with E-state index >= 15 is 0 Å². The summed E-state index contributed by atoms with van der Waals surface area (Å²) in [5.74, 6) is 0.880. The number of benzene rings is 1. The van der Waals surface area contributed by atoms with Crippen molar-refractivity contribution in [3.05, 3.63) is 18.2 Å². The van der Waals surface area contributed by atoms with Crippen LogP contribution in [0.3, 0.4) is 0 Å². The van der Waals surface area contributed by atoms with Crippen LogP contribution in [0.5, 0.6) is 5.75 Å². The van der Waals surface area contributed by atoms with Gasteiger partial charge in [0.05, 0.1) is 12.8 Å². The zero-order valence-corrected chi connectivity index (χ0v) is 11.0. The number of nitrogens with two attached hydrogens (primary N) is 1. The van der Waals surface area contributed by atoms with Crippen molar-refractivity contribution in [1.82, 2.24) is 0 Å². The second-order valence-electron chi connectivity index (χ2n) is 4.99. The van der Waals surface area contributed by atoms with Gasteiger partial charge in [-0.3, -0.25) is 0 Å². The topological polar surface area (TPSA) is 38.5 Å². The van der Waals surface area contributed by atoms with Crippen molar-refractivity contribution in [3.8, 4) is 5.75 Å². The van der Waals surface area contributed by atoms with Crippen LogP contribution in [-0.2, 0) is 0 Å². The molecule has 0 aliphatic carbocycles. The molecular weight excluding hydrogens is 212 g/mol. The van der Waals surface area contributed by atoms with Gasteiger partial charge in [-0.1, -0.05) is 13.8 Å². The summed E-state index contributed by atoms with van der Waals surface area (Å²) in [5, 5.41) is 0. The summed E-state index contributed by atoms with van der Waals surface area (Å²) in [6, 6.07) is 5.90. The maximum absolute atomic E-state index is 5.77. The molecule has 0 saturated carbocycles. The quantitative estimate of drug-likeness (QED) is 0.814. The molecule has 2 N–H and O–H groups in total. The molecule has 1 aliphatic rings. The summed E-state index contributed by atoms with van der Waals surface area (Å²) < 4.78 is 5.40. The molecule has 1 heterocycles. The fourth-order valence-electron chi connectivity index (χ4n) is 2.59. The Kier molecular flexibility index (Phi) is 3.18. The molecule has 3 nitrogen and oxygen atoms in total. The maximum Gasteiger partial charge on any atom is 0.144 e. The fraction of sp³-hybridized carbons (Fsp3) is 0.571. The van der Waals surface area contributed by atoms with E-state index in [4.69, 9.17) is 10.5 Å². The summed E-state index contributed by atoms with van der Waals surface area (Å²) in [5.41, 5.74) is 8.20. The van der Waals surface area contributed by atoms with Crippen LogP contribution in [0.25, 0.3) is 0 Å². The molecule has 1 saturated heterocycles. The predicted molar refractivity (Wildman–Crippen MR) is 72.6 cm³/mol. The minimum atomic E-state index is 0.506. The van der Waals surface area contributed by atoms with E-state index in [0.717, 1.165) is 24.5 Å². The normalized spacial score (nSPS) is 17.7. The number of rotatable bonds is 4. The highest BCUT2D eigenvalue weighted by Gasteiger charge is 2.40. The molecule has 0 radical (unpaired) electrons. The Hall–Kier alpha value is -1.38. The van der Waals surface area contributed by atoms with E-state index < -0.39 is 0 Å². The average Bonchev–Trinajstić information content (AvgIpc) is 2.30. The van der Waals surface area contributed by atoms with Crippen LogP contribution in [0.2, 0.25) is 0 Å². The number of hydrogen-bond acceptors (Lipinski definition) is 3. The second-order valence-corrected chi connectivity index (χ2v) is 4.99. The van der Waals surface area contributed by atoms with Crippen molar-refractivity contribution in [1.29, 1.82) is 0 Å². The van der Waals surface area contributed by atoms with E-state index in [1.807, 2.05) is 12.1 Å². The number of nitrogens with zero attached hydrogens (tertiary/aromatic N) is 1. The van der Waals surface area contributed by atoms with Gasteiger partial charge in [-0.25, -0.2) is 0 Å². The number of nitrogen functional groups attached to an aromatic ring is 1. The zero-order valence-electron chi connectivity index (χ0n) is 11.0. The monoisotopic (exact) mass is 234 g/mol. The minimum absolute atomic E-state index is 0.506. The lowest BCUT2D eigenvalue weighted by atomic mass is 9.75. The molecule has 1 aromatic rings. The van der Waals surface area contributed by atoms with Crippen LogP contribution in [0.1, 0.15) is 26.7 Å². The molecule has 0 amide bonds. The first kappa shape index (κ1) is 12.1. The second kappa shape index (κ2) is 4.47. The van der Waals surface area contributed by atoms with Crippen LogP contribution in [0, 0.1) is 5.41 Å². The van der Waals surface area contributed by atoms with Gasteiger partial charge in [-0.2, -0.15) is 0 Å². The van der Waals surface area contributed by atoms with Crippen LogP contribution < -0.4 is 15.4 Å². The Balaban J connectivity index is 2.16. The lowest BCUT2D eigenvalue weighted by Gasteiger charge is -2.51. The molecule has 3 heteroatoms. The number of anilines is 2. The summed E-state index contributed by atoms with van der Waals surface area (Å²) in [6.07, 6.45) is 2.49. The molecule has 2 rings (SSSR count). The molecular formula is C14H22N2O. The van der Waals surface area contributed by atoms with Gasteiger partial charge in [0.15, 0.2) is 0 Å². The van der Waals surface area contributed by atoms with E-state index in [0.29, 0.717) is 5.41 Å². The molecule has 1 aliphatic heterocycles. The van der Waals surface area contributed by atoms with Crippen molar-refractivity contribution in [2.24, 2.45) is 5.41 Å². The van der Waals surface area contributed by atoms with Gasteiger partial charge in [0.25, 0.3) is 0 Å². The number of ether oxygens (including phenoxy) is 1. The Bertz CT molecular complexity index is 391. The highest BCUT2D eigenvalue weighted by Crippen LogP contribution is 2.43. The van der Waals surface area contributed by atoms with Crippen LogP contribution in [0.15, 0.2) is 18.2 Å². The SMILES string of the molecule is CCC1(CC)CN(c2ccc(N)cc2OC)C1. The van der Waals surface area contributed by atoms with Crippen molar-refractivity contribution in [2.75, 3.05) is 30.8 Å². The lowest BCUT2D eigenvalue weighted by molar-refractivity contribution is 0.193. The first-order chi connectivity index (χ1) is 8.14. The molecule has 0 spiro atoms. The van der Waals surface area contributed by atoms with Gasteiger partial charge >= 0.3 is 0 Å². The summed E-state index contributed by atoms with van der Waals surface area (Å²) in [4.78, 5) is 2.38. The molecule has 0 atom stereocenters. The maximum atomic E-state index is 5.77. The third-order valence-electron chi connectivity index (χ3n) is 4.10. The van der Waals surface area contributed by atoms with Gasteiger partial charge < -0.3 is 15.4 Å². The molecule has 94 valence electrons. The van der Waals surface area contributed by atoms with Gasteiger partial charge in [0, 0.05) is 30.3 Å². The standard InChI is InChI=1S/C14H22N2O/c1-4-14(5-2)9-16(10-14)12-7-6-11(15)8-13(12)17-3/h6-8H,4-5,9-10,15H2,1-3H3. The van der Waals surface area contributed by atoms with E-state index in [-0.39, 0.29) is 0 Å². The first-order valence-electron chi connectivity index (χ1n) is 6.32. The molecule has 17 heavy (non-hydrogen) atoms. The van der Waals surface area contributed by atoms with Crippen LogP contribution in [-0.4, -0.2) is 20.2 Å². The largest absolute Gasteiger partial charge is 0.495 e. The number of methoxy groups -OCH3 is 1.